The van der Waals surface area contributed by atoms with Crippen LogP contribution in [-0.4, -0.2) is 46.6 Å². The summed E-state index contributed by atoms with van der Waals surface area (Å²) in [6.07, 6.45) is 5.45. The molecule has 6 nitrogen and oxygen atoms in total. The van der Waals surface area contributed by atoms with Crippen molar-refractivity contribution in [3.8, 4) is 5.75 Å². The number of ether oxygens (including phenoxy) is 1. The van der Waals surface area contributed by atoms with Gasteiger partial charge in [-0.15, -0.1) is 0 Å². The molecule has 1 aliphatic heterocycles. The third-order valence-electron chi connectivity index (χ3n) is 6.84. The van der Waals surface area contributed by atoms with Gasteiger partial charge in [0.25, 0.3) is 5.91 Å². The number of piperidine rings is 1. The molecule has 3 aromatic rings. The molecule has 1 amide bonds. The van der Waals surface area contributed by atoms with Gasteiger partial charge in [0, 0.05) is 18.5 Å². The van der Waals surface area contributed by atoms with Gasteiger partial charge in [-0.2, -0.15) is 0 Å². The van der Waals surface area contributed by atoms with Crippen molar-refractivity contribution in [2.24, 2.45) is 5.92 Å². The van der Waals surface area contributed by atoms with Gasteiger partial charge in [0.1, 0.15) is 5.75 Å². The number of rotatable bonds is 4. The number of benzene rings is 2. The van der Waals surface area contributed by atoms with Gasteiger partial charge in [-0.05, 0) is 72.6 Å². The summed E-state index contributed by atoms with van der Waals surface area (Å²) in [7, 11) is 0. The van der Waals surface area contributed by atoms with Gasteiger partial charge in [-0.3, -0.25) is 4.79 Å². The number of fused-ring (bicyclic) bond motifs is 2. The summed E-state index contributed by atoms with van der Waals surface area (Å²) >= 11 is 0. The van der Waals surface area contributed by atoms with Crippen molar-refractivity contribution >= 4 is 34.4 Å². The van der Waals surface area contributed by atoms with Gasteiger partial charge in [0.05, 0.1) is 16.8 Å². The quantitative estimate of drug-likeness (QED) is 0.568. The van der Waals surface area contributed by atoms with Gasteiger partial charge in [-0.25, -0.2) is 9.78 Å². The van der Waals surface area contributed by atoms with Crippen LogP contribution in [0, 0.1) is 5.92 Å². The van der Waals surface area contributed by atoms with Crippen molar-refractivity contribution in [3.05, 3.63) is 70.9 Å². The van der Waals surface area contributed by atoms with Gasteiger partial charge < -0.3 is 14.7 Å². The summed E-state index contributed by atoms with van der Waals surface area (Å²) in [5, 5.41) is 10.3. The summed E-state index contributed by atoms with van der Waals surface area (Å²) in [4.78, 5) is 32.6. The molecule has 174 valence electrons. The average molecular weight is 457 g/mol. The van der Waals surface area contributed by atoms with E-state index in [0.29, 0.717) is 17.9 Å². The molecule has 0 atom stereocenters. The number of pyridine rings is 1. The molecule has 0 bridgehead atoms. The molecule has 6 heteroatoms. The van der Waals surface area contributed by atoms with Crippen molar-refractivity contribution in [2.75, 3.05) is 19.7 Å². The Morgan fingerprint density at radius 2 is 1.82 bits per heavy atom. The lowest BCUT2D eigenvalue weighted by molar-refractivity contribution is -0.135. The maximum atomic E-state index is 13.3. The van der Waals surface area contributed by atoms with Crippen LogP contribution in [0.5, 0.6) is 5.75 Å². The molecule has 0 radical (unpaired) electrons. The van der Waals surface area contributed by atoms with Crippen molar-refractivity contribution < 1.29 is 19.4 Å². The molecule has 34 heavy (non-hydrogen) atoms. The molecule has 1 aliphatic carbocycles. The molecule has 2 aliphatic rings. The fourth-order valence-corrected chi connectivity index (χ4v) is 4.83. The zero-order valence-electron chi connectivity index (χ0n) is 19.3. The SMILES string of the molecule is CC1CCN(C(=O)COC(=O)c2c3c(nc4ccccc24)/C(=C/c2ccc(O)cc2)CC3)CC1. The Morgan fingerprint density at radius 3 is 2.59 bits per heavy atom. The number of para-hydroxylation sites is 1. The van der Waals surface area contributed by atoms with Crippen molar-refractivity contribution in [2.45, 2.75) is 32.6 Å². The van der Waals surface area contributed by atoms with Crippen LogP contribution in [0.1, 0.15) is 53.4 Å². The first-order valence-corrected chi connectivity index (χ1v) is 11.9. The highest BCUT2D eigenvalue weighted by molar-refractivity contribution is 6.07. The number of carbonyl (C=O) groups excluding carboxylic acids is 2. The van der Waals surface area contributed by atoms with Crippen molar-refractivity contribution in [3.63, 3.8) is 0 Å². The van der Waals surface area contributed by atoms with E-state index in [1.165, 1.54) is 0 Å². The fourth-order valence-electron chi connectivity index (χ4n) is 4.83. The summed E-state index contributed by atoms with van der Waals surface area (Å²) < 4.78 is 5.56. The molecular weight excluding hydrogens is 428 g/mol. The van der Waals surface area contributed by atoms with Crippen LogP contribution in [-0.2, 0) is 16.0 Å². The topological polar surface area (TPSA) is 79.7 Å². The first-order chi connectivity index (χ1) is 16.5. The number of hydrogen-bond acceptors (Lipinski definition) is 5. The van der Waals surface area contributed by atoms with E-state index in [1.54, 1.807) is 17.0 Å². The Labute approximate surface area is 198 Å². The lowest BCUT2D eigenvalue weighted by Gasteiger charge is -2.30. The zero-order valence-corrected chi connectivity index (χ0v) is 19.3. The number of phenolic OH excluding ortho intramolecular Hbond substituents is 1. The van der Waals surface area contributed by atoms with Crippen LogP contribution in [0.3, 0.4) is 0 Å². The minimum Gasteiger partial charge on any atom is -0.508 e. The Morgan fingerprint density at radius 1 is 1.09 bits per heavy atom. The first kappa shape index (κ1) is 22.1. The number of likely N-dealkylation sites (tertiary alicyclic amines) is 1. The highest BCUT2D eigenvalue weighted by Gasteiger charge is 2.28. The molecule has 0 saturated carbocycles. The lowest BCUT2D eigenvalue weighted by atomic mass is 9.99. The molecule has 0 spiro atoms. The molecule has 0 unspecified atom stereocenters. The normalized spacial score (nSPS) is 17.2. The monoisotopic (exact) mass is 456 g/mol. The summed E-state index contributed by atoms with van der Waals surface area (Å²) in [6, 6.07) is 14.6. The number of carbonyl (C=O) groups is 2. The van der Waals surface area contributed by atoms with E-state index in [9.17, 15) is 14.7 Å². The Kier molecular flexibility index (Phi) is 6.05. The molecular formula is C28H28N2O4. The molecule has 1 saturated heterocycles. The van der Waals surface area contributed by atoms with Gasteiger partial charge in [0.15, 0.2) is 6.61 Å². The van der Waals surface area contributed by atoms with E-state index in [0.717, 1.165) is 65.6 Å². The van der Waals surface area contributed by atoms with Crippen molar-refractivity contribution in [1.82, 2.24) is 9.88 Å². The molecule has 2 heterocycles. The molecule has 1 fully saturated rings. The third kappa shape index (κ3) is 4.40. The van der Waals surface area contributed by atoms with E-state index < -0.39 is 5.97 Å². The second-order valence-corrected chi connectivity index (χ2v) is 9.23. The number of esters is 1. The van der Waals surface area contributed by atoms with Crippen LogP contribution in [0.25, 0.3) is 22.6 Å². The summed E-state index contributed by atoms with van der Waals surface area (Å²) in [5.74, 6) is 0.237. The van der Waals surface area contributed by atoms with E-state index in [2.05, 4.69) is 6.92 Å². The predicted molar refractivity (Wildman–Crippen MR) is 131 cm³/mol. The van der Waals surface area contributed by atoms with E-state index in [-0.39, 0.29) is 18.3 Å². The van der Waals surface area contributed by atoms with Crippen LogP contribution >= 0.6 is 0 Å². The predicted octanol–water partition coefficient (Wildman–Crippen LogP) is 4.84. The number of aromatic nitrogens is 1. The highest BCUT2D eigenvalue weighted by atomic mass is 16.5. The standard InChI is InChI=1S/C28H28N2O4/c1-18-12-14-30(15-13-18)25(32)17-34-28(33)26-22-4-2-3-5-24(22)29-27-20(8-11-23(26)27)16-19-6-9-21(31)10-7-19/h2-7,9-10,16,18,31H,8,11-15,17H2,1H3/b20-16+. The third-order valence-corrected chi connectivity index (χ3v) is 6.84. The van der Waals surface area contributed by atoms with Crippen LogP contribution < -0.4 is 0 Å². The van der Waals surface area contributed by atoms with Crippen LogP contribution in [0.15, 0.2) is 48.5 Å². The molecule has 2 aromatic carbocycles. The van der Waals surface area contributed by atoms with Gasteiger partial charge >= 0.3 is 5.97 Å². The van der Waals surface area contributed by atoms with E-state index in [1.807, 2.05) is 42.5 Å². The van der Waals surface area contributed by atoms with Crippen LogP contribution in [0.2, 0.25) is 0 Å². The summed E-state index contributed by atoms with van der Waals surface area (Å²) in [6.45, 7) is 3.39. The number of hydrogen-bond donors (Lipinski definition) is 1. The number of amides is 1. The number of nitrogens with zero attached hydrogens (tertiary/aromatic N) is 2. The van der Waals surface area contributed by atoms with Gasteiger partial charge in [0.2, 0.25) is 0 Å². The van der Waals surface area contributed by atoms with E-state index in [4.69, 9.17) is 9.72 Å². The number of phenols is 1. The minimum atomic E-state index is -0.473. The lowest BCUT2D eigenvalue weighted by Crippen LogP contribution is -2.40. The Bertz CT molecular complexity index is 1270. The highest BCUT2D eigenvalue weighted by Crippen LogP contribution is 2.38. The number of aromatic hydroxyl groups is 1. The van der Waals surface area contributed by atoms with Gasteiger partial charge in [-0.1, -0.05) is 37.3 Å². The smallest absolute Gasteiger partial charge is 0.339 e. The van der Waals surface area contributed by atoms with E-state index >= 15 is 0 Å². The molecule has 1 aromatic heterocycles. The van der Waals surface area contributed by atoms with Crippen LogP contribution in [0.4, 0.5) is 0 Å². The average Bonchev–Trinajstić information content (AvgIpc) is 3.24. The largest absolute Gasteiger partial charge is 0.508 e. The minimum absolute atomic E-state index is 0.136. The number of allylic oxidation sites excluding steroid dienone is 1. The first-order valence-electron chi connectivity index (χ1n) is 11.9. The van der Waals surface area contributed by atoms with Crippen molar-refractivity contribution in [1.29, 1.82) is 0 Å². The Hall–Kier alpha value is -3.67. The summed E-state index contributed by atoms with van der Waals surface area (Å²) in [5.41, 5.74) is 4.90. The maximum absolute atomic E-state index is 13.3. The second-order valence-electron chi connectivity index (χ2n) is 9.23. The Balaban J connectivity index is 1.44. The zero-order chi connectivity index (χ0) is 23.7. The second kappa shape index (κ2) is 9.29. The molecule has 5 rings (SSSR count). The molecule has 1 N–H and O–H groups in total. The maximum Gasteiger partial charge on any atom is 0.339 e. The fraction of sp³-hybridized carbons (Fsp3) is 0.321.